The molecule has 4 rings (SSSR count). The molecule has 16 heavy (non-hydrogen) atoms. The molecule has 2 saturated heterocycles. The smallest absolute Gasteiger partial charge is 0.307 e. The van der Waals surface area contributed by atoms with Crippen LogP contribution in [0, 0.1) is 5.92 Å². The molecule has 84 valence electrons. The maximum atomic E-state index is 10.7. The zero-order chi connectivity index (χ0) is 11.1. The maximum absolute atomic E-state index is 10.7. The van der Waals surface area contributed by atoms with Gasteiger partial charge in [-0.2, -0.15) is 0 Å². The zero-order valence-corrected chi connectivity index (χ0v) is 9.10. The van der Waals surface area contributed by atoms with Crippen LogP contribution in [0.4, 0.5) is 5.69 Å². The highest BCUT2D eigenvalue weighted by atomic mass is 16.4. The van der Waals surface area contributed by atoms with Crippen LogP contribution >= 0.6 is 0 Å². The lowest BCUT2D eigenvalue weighted by Crippen LogP contribution is -2.28. The third kappa shape index (κ3) is 1.56. The summed E-state index contributed by atoms with van der Waals surface area (Å²) in [6.07, 6.45) is 2.77. The summed E-state index contributed by atoms with van der Waals surface area (Å²) < 4.78 is 0. The van der Waals surface area contributed by atoms with E-state index in [1.54, 1.807) is 0 Å². The molecule has 2 aliphatic heterocycles. The van der Waals surface area contributed by atoms with Gasteiger partial charge in [0.25, 0.3) is 0 Å². The van der Waals surface area contributed by atoms with Gasteiger partial charge in [0.1, 0.15) is 0 Å². The van der Waals surface area contributed by atoms with Crippen LogP contribution in [0.15, 0.2) is 24.3 Å². The minimum Gasteiger partial charge on any atom is -0.481 e. The lowest BCUT2D eigenvalue weighted by Gasteiger charge is -2.27. The lowest BCUT2D eigenvalue weighted by molar-refractivity contribution is -0.136. The van der Waals surface area contributed by atoms with E-state index in [0.717, 1.165) is 18.0 Å². The molecule has 2 bridgehead atoms. The van der Waals surface area contributed by atoms with Crippen molar-refractivity contribution >= 4 is 11.7 Å². The monoisotopic (exact) mass is 217 g/mol. The Labute approximate surface area is 94.7 Å². The molecule has 0 amide bonds. The van der Waals surface area contributed by atoms with Crippen molar-refractivity contribution in [2.45, 2.75) is 25.3 Å². The first kappa shape index (κ1) is 9.70. The highest BCUT2D eigenvalue weighted by Gasteiger charge is 2.42. The van der Waals surface area contributed by atoms with Gasteiger partial charge in [-0.25, -0.2) is 0 Å². The van der Waals surface area contributed by atoms with Crippen LogP contribution in [0.2, 0.25) is 0 Å². The molecule has 0 radical (unpaired) electrons. The largest absolute Gasteiger partial charge is 0.481 e. The van der Waals surface area contributed by atoms with Crippen LogP contribution in [-0.2, 0) is 11.2 Å². The normalized spacial score (nSPS) is 26.6. The van der Waals surface area contributed by atoms with Gasteiger partial charge < -0.3 is 10.0 Å². The van der Waals surface area contributed by atoms with Gasteiger partial charge in [-0.15, -0.1) is 0 Å². The van der Waals surface area contributed by atoms with E-state index in [-0.39, 0.29) is 6.42 Å². The second-order valence-electron chi connectivity index (χ2n) is 4.88. The Morgan fingerprint density at radius 3 is 2.88 bits per heavy atom. The van der Waals surface area contributed by atoms with Crippen molar-refractivity contribution in [2.75, 3.05) is 11.4 Å². The summed E-state index contributed by atoms with van der Waals surface area (Å²) in [5, 5.41) is 8.77. The number of aliphatic carboxylic acids is 1. The average molecular weight is 217 g/mol. The number of hydrogen-bond donors (Lipinski definition) is 1. The van der Waals surface area contributed by atoms with Gasteiger partial charge in [-0.1, -0.05) is 12.1 Å². The fourth-order valence-corrected chi connectivity index (χ4v) is 2.87. The molecule has 0 spiro atoms. The minimum atomic E-state index is -0.761. The standard InChI is InChI=1S/C13H15NO2/c15-13(16)7-9-2-1-3-11(4-9)14-8-10-5-12(14)6-10/h1-4,10,12H,5-8H2,(H,15,16). The predicted molar refractivity (Wildman–Crippen MR) is 61.6 cm³/mol. The van der Waals surface area contributed by atoms with Gasteiger partial charge in [0.2, 0.25) is 0 Å². The Morgan fingerprint density at radius 1 is 1.44 bits per heavy atom. The van der Waals surface area contributed by atoms with Gasteiger partial charge >= 0.3 is 5.97 Å². The molecular formula is C13H15NO2. The van der Waals surface area contributed by atoms with Crippen LogP contribution in [0.5, 0.6) is 0 Å². The van der Waals surface area contributed by atoms with Crippen molar-refractivity contribution in [3.63, 3.8) is 0 Å². The first-order chi connectivity index (χ1) is 7.72. The Hall–Kier alpha value is -1.51. The van der Waals surface area contributed by atoms with Gasteiger partial charge in [-0.3, -0.25) is 4.79 Å². The molecule has 1 N–H and O–H groups in total. The zero-order valence-electron chi connectivity index (χ0n) is 9.10. The molecule has 3 fully saturated rings. The molecule has 1 aromatic rings. The fourth-order valence-electron chi connectivity index (χ4n) is 2.87. The molecule has 2 heterocycles. The Kier molecular flexibility index (Phi) is 2.13. The van der Waals surface area contributed by atoms with Gasteiger partial charge in [-0.05, 0) is 36.5 Å². The summed E-state index contributed by atoms with van der Waals surface area (Å²) in [4.78, 5) is 13.1. The number of hydrogen-bond acceptors (Lipinski definition) is 2. The van der Waals surface area contributed by atoms with E-state index >= 15 is 0 Å². The van der Waals surface area contributed by atoms with E-state index in [0.29, 0.717) is 6.04 Å². The van der Waals surface area contributed by atoms with E-state index in [1.165, 1.54) is 18.5 Å². The quantitative estimate of drug-likeness (QED) is 0.840. The van der Waals surface area contributed by atoms with Crippen LogP contribution in [0.3, 0.4) is 0 Å². The van der Waals surface area contributed by atoms with Crippen LogP contribution in [-0.4, -0.2) is 23.7 Å². The molecule has 3 nitrogen and oxygen atoms in total. The Balaban J connectivity index is 1.82. The maximum Gasteiger partial charge on any atom is 0.307 e. The van der Waals surface area contributed by atoms with Gasteiger partial charge in [0.05, 0.1) is 6.42 Å². The van der Waals surface area contributed by atoms with E-state index in [1.807, 2.05) is 18.2 Å². The van der Waals surface area contributed by atoms with Crippen LogP contribution in [0.25, 0.3) is 0 Å². The van der Waals surface area contributed by atoms with Crippen molar-refractivity contribution in [3.05, 3.63) is 29.8 Å². The Bertz CT molecular complexity index is 424. The first-order valence-electron chi connectivity index (χ1n) is 5.80. The van der Waals surface area contributed by atoms with E-state index < -0.39 is 5.97 Å². The second-order valence-corrected chi connectivity index (χ2v) is 4.88. The van der Waals surface area contributed by atoms with Crippen LogP contribution in [0.1, 0.15) is 18.4 Å². The third-order valence-electron chi connectivity index (χ3n) is 3.70. The summed E-state index contributed by atoms with van der Waals surface area (Å²) in [6, 6.07) is 8.67. The van der Waals surface area contributed by atoms with Crippen molar-refractivity contribution in [2.24, 2.45) is 5.92 Å². The number of fused-ring (bicyclic) bond motifs is 1. The Morgan fingerprint density at radius 2 is 2.25 bits per heavy atom. The molecular weight excluding hydrogens is 202 g/mol. The SMILES string of the molecule is O=C(O)Cc1cccc(N2CC3CC2C3)c1. The number of carboxylic acid groups (broad SMARTS) is 1. The van der Waals surface area contributed by atoms with Crippen molar-refractivity contribution in [1.29, 1.82) is 0 Å². The molecule has 3 heteroatoms. The number of rotatable bonds is 3. The molecule has 1 saturated carbocycles. The molecule has 0 aromatic heterocycles. The summed E-state index contributed by atoms with van der Waals surface area (Å²) in [5.41, 5.74) is 2.10. The number of nitrogens with zero attached hydrogens (tertiary/aromatic N) is 1. The van der Waals surface area contributed by atoms with Crippen LogP contribution < -0.4 is 4.90 Å². The third-order valence-corrected chi connectivity index (χ3v) is 3.70. The molecule has 1 aliphatic carbocycles. The highest BCUT2D eigenvalue weighted by Crippen LogP contribution is 2.43. The van der Waals surface area contributed by atoms with Crippen molar-refractivity contribution < 1.29 is 9.90 Å². The topological polar surface area (TPSA) is 40.5 Å². The molecule has 1 aromatic carbocycles. The minimum absolute atomic E-state index is 0.121. The molecule has 3 aliphatic rings. The second kappa shape index (κ2) is 3.51. The number of anilines is 1. The van der Waals surface area contributed by atoms with E-state index in [2.05, 4.69) is 11.0 Å². The summed E-state index contributed by atoms with van der Waals surface area (Å²) in [7, 11) is 0. The van der Waals surface area contributed by atoms with Crippen molar-refractivity contribution in [1.82, 2.24) is 0 Å². The average Bonchev–Trinajstić information content (AvgIpc) is 2.74. The number of carboxylic acids is 1. The van der Waals surface area contributed by atoms with Gasteiger partial charge in [0.15, 0.2) is 0 Å². The van der Waals surface area contributed by atoms with Gasteiger partial charge in [0, 0.05) is 18.3 Å². The summed E-state index contributed by atoms with van der Waals surface area (Å²) in [5.74, 6) is 0.121. The lowest BCUT2D eigenvalue weighted by atomic mass is 9.86. The van der Waals surface area contributed by atoms with E-state index in [4.69, 9.17) is 5.11 Å². The van der Waals surface area contributed by atoms with E-state index in [9.17, 15) is 4.79 Å². The first-order valence-corrected chi connectivity index (χ1v) is 5.80. The number of benzene rings is 1. The van der Waals surface area contributed by atoms with Crippen molar-refractivity contribution in [3.8, 4) is 0 Å². The summed E-state index contributed by atoms with van der Waals surface area (Å²) in [6.45, 7) is 1.15. The molecule has 0 atom stereocenters. The predicted octanol–water partition coefficient (Wildman–Crippen LogP) is 1.91. The summed E-state index contributed by atoms with van der Waals surface area (Å²) >= 11 is 0. The number of carbonyl (C=O) groups is 1. The molecule has 0 unspecified atom stereocenters. The fraction of sp³-hybridized carbons (Fsp3) is 0.462. The highest BCUT2D eigenvalue weighted by molar-refractivity contribution is 5.71.